The number of carbonyl (C=O) groups is 3. The number of ketones is 3. The molecular formula is C12H23N3O6. The predicted molar refractivity (Wildman–Crippen MR) is 73.2 cm³/mol. The zero-order valence-corrected chi connectivity index (χ0v) is 12.3. The minimum Gasteiger partial charge on any atom is -0.382 e. The van der Waals surface area contributed by atoms with Gasteiger partial charge in [0.1, 0.15) is 0 Å². The van der Waals surface area contributed by atoms with E-state index in [1.165, 1.54) is 25.9 Å². The second-order valence-corrected chi connectivity index (χ2v) is 4.98. The summed E-state index contributed by atoms with van der Waals surface area (Å²) in [7, 11) is 3.02. The fourth-order valence-electron chi connectivity index (χ4n) is 1.70. The van der Waals surface area contributed by atoms with Crippen LogP contribution in [0.2, 0.25) is 0 Å². The van der Waals surface area contributed by atoms with Crippen LogP contribution in [0, 0.1) is 0 Å². The van der Waals surface area contributed by atoms with E-state index >= 15 is 0 Å². The van der Waals surface area contributed by atoms with Gasteiger partial charge in [-0.1, -0.05) is 0 Å². The van der Waals surface area contributed by atoms with Crippen molar-refractivity contribution in [3.63, 3.8) is 0 Å². The predicted octanol–water partition coefficient (Wildman–Crippen LogP) is -3.99. The molecule has 9 nitrogen and oxygen atoms in total. The van der Waals surface area contributed by atoms with Crippen LogP contribution in [0.4, 0.5) is 0 Å². The second-order valence-electron chi connectivity index (χ2n) is 4.98. The van der Waals surface area contributed by atoms with E-state index in [-0.39, 0.29) is 0 Å². The van der Waals surface area contributed by atoms with Gasteiger partial charge in [0, 0.05) is 0 Å². The first-order chi connectivity index (χ1) is 9.55. The van der Waals surface area contributed by atoms with Crippen molar-refractivity contribution in [1.29, 1.82) is 0 Å². The highest BCUT2D eigenvalue weighted by molar-refractivity contribution is 6.04. The summed E-state index contributed by atoms with van der Waals surface area (Å²) in [5.74, 6) is -3.25. The lowest BCUT2D eigenvalue weighted by atomic mass is 9.79. The average molecular weight is 305 g/mol. The average Bonchev–Trinajstić information content (AvgIpc) is 2.48. The molecule has 0 amide bonds. The van der Waals surface area contributed by atoms with Crippen molar-refractivity contribution in [2.24, 2.45) is 11.5 Å². The zero-order chi connectivity index (χ0) is 17.0. The quantitative estimate of drug-likeness (QED) is 0.285. The van der Waals surface area contributed by atoms with Crippen LogP contribution in [0.1, 0.15) is 6.92 Å². The third-order valence-corrected chi connectivity index (χ3v) is 3.39. The normalized spacial score (nSPS) is 18.7. The van der Waals surface area contributed by atoms with Crippen LogP contribution < -0.4 is 11.5 Å². The van der Waals surface area contributed by atoms with Gasteiger partial charge in [-0.2, -0.15) is 0 Å². The van der Waals surface area contributed by atoms with Crippen LogP contribution in [0.5, 0.6) is 0 Å². The van der Waals surface area contributed by atoms with Crippen LogP contribution in [-0.2, 0) is 14.4 Å². The third-order valence-electron chi connectivity index (χ3n) is 3.39. The summed E-state index contributed by atoms with van der Waals surface area (Å²) in [5.41, 5.74) is 7.16. The van der Waals surface area contributed by atoms with Crippen molar-refractivity contribution in [2.75, 3.05) is 27.2 Å². The fraction of sp³-hybridized carbons (Fsp3) is 0.750. The topological polar surface area (TPSA) is 167 Å². The highest BCUT2D eigenvalue weighted by Crippen LogP contribution is 2.22. The van der Waals surface area contributed by atoms with E-state index in [0.29, 0.717) is 0 Å². The Hall–Kier alpha value is -1.23. The van der Waals surface area contributed by atoms with Crippen molar-refractivity contribution in [3.8, 4) is 0 Å². The third kappa shape index (κ3) is 3.90. The van der Waals surface area contributed by atoms with Gasteiger partial charge >= 0.3 is 0 Å². The molecule has 0 fully saturated rings. The summed E-state index contributed by atoms with van der Waals surface area (Å²) < 4.78 is 0. The van der Waals surface area contributed by atoms with Gasteiger partial charge in [0.05, 0.1) is 19.1 Å². The highest BCUT2D eigenvalue weighted by Gasteiger charge is 2.55. The first-order valence-corrected chi connectivity index (χ1v) is 6.30. The molecule has 0 bridgehead atoms. The number of hydrogen-bond acceptors (Lipinski definition) is 9. The highest BCUT2D eigenvalue weighted by atomic mass is 16.4. The van der Waals surface area contributed by atoms with Gasteiger partial charge in [0.25, 0.3) is 0 Å². The second kappa shape index (κ2) is 7.69. The van der Waals surface area contributed by atoms with Crippen LogP contribution in [0.25, 0.3) is 0 Å². The van der Waals surface area contributed by atoms with Crippen molar-refractivity contribution in [2.45, 2.75) is 30.8 Å². The lowest BCUT2D eigenvalue weighted by Gasteiger charge is -2.37. The van der Waals surface area contributed by atoms with E-state index in [9.17, 15) is 29.7 Å². The Kier molecular flexibility index (Phi) is 7.24. The molecule has 0 aromatic heterocycles. The SMILES string of the molecule is CC(C(=O)C(O)(C(O)C(=O)CN)C(O)C(=O)CN)N(C)C. The van der Waals surface area contributed by atoms with E-state index < -0.39 is 54.3 Å². The number of nitrogens with two attached hydrogens (primary N) is 2. The molecule has 3 atom stereocenters. The molecule has 0 aliphatic carbocycles. The summed E-state index contributed by atoms with van der Waals surface area (Å²) >= 11 is 0. The van der Waals surface area contributed by atoms with Gasteiger partial charge in [-0.25, -0.2) is 0 Å². The molecule has 0 aliphatic rings. The Bertz CT molecular complexity index is 390. The maximum atomic E-state index is 12.3. The largest absolute Gasteiger partial charge is 0.382 e. The smallest absolute Gasteiger partial charge is 0.190 e. The molecular weight excluding hydrogens is 282 g/mol. The van der Waals surface area contributed by atoms with Crippen molar-refractivity contribution in [1.82, 2.24) is 4.90 Å². The molecule has 0 rings (SSSR count). The molecule has 0 aliphatic heterocycles. The summed E-state index contributed by atoms with van der Waals surface area (Å²) in [6.45, 7) is 0.0415. The number of rotatable bonds is 9. The van der Waals surface area contributed by atoms with Crippen LogP contribution in [0.15, 0.2) is 0 Å². The monoisotopic (exact) mass is 305 g/mol. The Labute approximate surface area is 122 Å². The molecule has 0 aromatic rings. The Morgan fingerprint density at radius 1 is 1.05 bits per heavy atom. The molecule has 0 saturated heterocycles. The lowest BCUT2D eigenvalue weighted by Crippen LogP contribution is -2.67. The van der Waals surface area contributed by atoms with Crippen LogP contribution >= 0.6 is 0 Å². The van der Waals surface area contributed by atoms with Crippen LogP contribution in [-0.4, -0.2) is 88.6 Å². The van der Waals surface area contributed by atoms with E-state index in [4.69, 9.17) is 11.5 Å². The maximum absolute atomic E-state index is 12.3. The molecule has 9 heteroatoms. The van der Waals surface area contributed by atoms with Gasteiger partial charge in [-0.05, 0) is 21.0 Å². The number of aliphatic hydroxyl groups is 3. The summed E-state index contributed by atoms with van der Waals surface area (Å²) in [6.07, 6.45) is -4.66. The number of hydrogen-bond donors (Lipinski definition) is 5. The molecule has 0 aromatic carbocycles. The minimum absolute atomic E-state index is 0.670. The summed E-state index contributed by atoms with van der Waals surface area (Å²) in [5, 5.41) is 30.2. The van der Waals surface area contributed by atoms with Gasteiger partial charge < -0.3 is 26.8 Å². The zero-order valence-electron chi connectivity index (χ0n) is 12.3. The van der Waals surface area contributed by atoms with Crippen molar-refractivity contribution in [3.05, 3.63) is 0 Å². The van der Waals surface area contributed by atoms with E-state index in [1.54, 1.807) is 0 Å². The van der Waals surface area contributed by atoms with Gasteiger partial charge in [0.2, 0.25) is 0 Å². The number of aliphatic hydroxyl groups excluding tert-OH is 2. The molecule has 0 spiro atoms. The number of likely N-dealkylation sites (N-methyl/N-ethyl adjacent to an activating group) is 1. The standard InChI is InChI=1S/C12H23N3O6/c1-6(15(2)3)9(18)12(21,10(19)7(16)4-13)11(20)8(17)5-14/h6,10-11,19-21H,4-5,13-14H2,1-3H3. The van der Waals surface area contributed by atoms with Gasteiger partial charge in [-0.15, -0.1) is 0 Å². The number of carbonyl (C=O) groups excluding carboxylic acids is 3. The van der Waals surface area contributed by atoms with Gasteiger partial charge in [-0.3, -0.25) is 19.3 Å². The van der Waals surface area contributed by atoms with Crippen LogP contribution in [0.3, 0.4) is 0 Å². The fourth-order valence-corrected chi connectivity index (χ4v) is 1.70. The molecule has 0 saturated carbocycles. The first kappa shape index (κ1) is 19.8. The van der Waals surface area contributed by atoms with E-state index in [0.717, 1.165) is 0 Å². The molecule has 0 radical (unpaired) electrons. The summed E-state index contributed by atoms with van der Waals surface area (Å²) in [6, 6.07) is -0.976. The Balaban J connectivity index is 5.82. The molecule has 3 unspecified atom stereocenters. The molecule has 122 valence electrons. The first-order valence-electron chi connectivity index (χ1n) is 6.30. The molecule has 7 N–H and O–H groups in total. The van der Waals surface area contributed by atoms with Crippen molar-refractivity contribution >= 4 is 17.3 Å². The van der Waals surface area contributed by atoms with E-state index in [1.807, 2.05) is 0 Å². The number of Topliss-reactive ketones (excluding diaryl/α,β-unsaturated/α-hetero) is 3. The Morgan fingerprint density at radius 2 is 1.38 bits per heavy atom. The lowest BCUT2D eigenvalue weighted by molar-refractivity contribution is -0.183. The van der Waals surface area contributed by atoms with E-state index in [2.05, 4.69) is 0 Å². The maximum Gasteiger partial charge on any atom is 0.190 e. The molecule has 21 heavy (non-hydrogen) atoms. The summed E-state index contributed by atoms with van der Waals surface area (Å²) in [4.78, 5) is 36.7. The minimum atomic E-state index is -3.00. The van der Waals surface area contributed by atoms with Crippen molar-refractivity contribution < 1.29 is 29.7 Å². The molecule has 0 heterocycles. The Morgan fingerprint density at radius 3 is 1.62 bits per heavy atom. The van der Waals surface area contributed by atoms with Gasteiger partial charge in [0.15, 0.2) is 35.2 Å². The number of nitrogens with zero attached hydrogens (tertiary/aromatic N) is 1.